The van der Waals surface area contributed by atoms with Crippen molar-refractivity contribution in [3.63, 3.8) is 0 Å². The monoisotopic (exact) mass is 496 g/mol. The van der Waals surface area contributed by atoms with E-state index in [0.29, 0.717) is 43.7 Å². The van der Waals surface area contributed by atoms with Crippen LogP contribution in [0.2, 0.25) is 0 Å². The molecule has 2 aromatic rings. The van der Waals surface area contributed by atoms with Gasteiger partial charge in [0, 0.05) is 30.9 Å². The highest BCUT2D eigenvalue weighted by atomic mass is 16.6. The molecule has 0 atom stereocenters. The average molecular weight is 497 g/mol. The summed E-state index contributed by atoms with van der Waals surface area (Å²) in [4.78, 5) is 30.1. The predicted octanol–water partition coefficient (Wildman–Crippen LogP) is 5.14. The van der Waals surface area contributed by atoms with Gasteiger partial charge in [-0.1, -0.05) is 30.3 Å². The Morgan fingerprint density at radius 3 is 2.47 bits per heavy atom. The van der Waals surface area contributed by atoms with Gasteiger partial charge in [0.1, 0.15) is 18.0 Å². The molecule has 0 radical (unpaired) electrons. The van der Waals surface area contributed by atoms with Gasteiger partial charge >= 0.3 is 12.2 Å². The molecule has 2 amide bonds. The first-order valence-electron chi connectivity index (χ1n) is 12.3. The number of carbonyl (C=O) groups is 2. The summed E-state index contributed by atoms with van der Waals surface area (Å²) in [6.07, 6.45) is 4.40. The Kier molecular flexibility index (Phi) is 9.67. The van der Waals surface area contributed by atoms with E-state index in [1.165, 1.54) is 6.20 Å². The molecule has 3 rings (SSSR count). The van der Waals surface area contributed by atoms with E-state index in [9.17, 15) is 9.59 Å². The Morgan fingerprint density at radius 1 is 1.11 bits per heavy atom. The number of carbonyl (C=O) groups excluding carboxylic acids is 2. The summed E-state index contributed by atoms with van der Waals surface area (Å²) in [6, 6.07) is 13.1. The molecule has 0 spiro atoms. The fraction of sp³-hybridized carbons (Fsp3) is 0.481. The zero-order chi connectivity index (χ0) is 26.0. The Hall–Kier alpha value is -3.62. The lowest BCUT2D eigenvalue weighted by Gasteiger charge is -2.31. The highest BCUT2D eigenvalue weighted by molar-refractivity contribution is 6.04. The second-order valence-electron chi connectivity index (χ2n) is 9.85. The number of piperidine rings is 1. The molecular formula is C27H36N4O5. The topological polar surface area (TPSA) is 114 Å². The minimum Gasteiger partial charge on any atom is -0.478 e. The first-order chi connectivity index (χ1) is 17.2. The van der Waals surface area contributed by atoms with Crippen LogP contribution in [0, 0.1) is 11.3 Å². The first-order valence-corrected chi connectivity index (χ1v) is 12.3. The number of hydrogen-bond acceptors (Lipinski definition) is 7. The maximum atomic E-state index is 12.3. The van der Waals surface area contributed by atoms with Crippen molar-refractivity contribution in [1.29, 1.82) is 5.41 Å². The van der Waals surface area contributed by atoms with Crippen molar-refractivity contribution < 1.29 is 23.8 Å². The van der Waals surface area contributed by atoms with Crippen LogP contribution in [0.3, 0.4) is 0 Å². The highest BCUT2D eigenvalue weighted by Gasteiger charge is 2.23. The molecule has 9 nitrogen and oxygen atoms in total. The maximum Gasteiger partial charge on any atom is 0.413 e. The van der Waals surface area contributed by atoms with Crippen LogP contribution < -0.4 is 10.1 Å². The highest BCUT2D eigenvalue weighted by Crippen LogP contribution is 2.23. The second-order valence-corrected chi connectivity index (χ2v) is 9.85. The fourth-order valence-corrected chi connectivity index (χ4v) is 3.85. The first kappa shape index (κ1) is 27.0. The fourth-order valence-electron chi connectivity index (χ4n) is 3.85. The van der Waals surface area contributed by atoms with E-state index in [1.54, 1.807) is 37.8 Å². The average Bonchev–Trinajstić information content (AvgIpc) is 2.85. The number of likely N-dealkylation sites (tertiary alicyclic amines) is 1. The summed E-state index contributed by atoms with van der Waals surface area (Å²) in [5, 5.41) is 10.4. The van der Waals surface area contributed by atoms with Crippen molar-refractivity contribution in [2.75, 3.05) is 19.7 Å². The largest absolute Gasteiger partial charge is 0.478 e. The van der Waals surface area contributed by atoms with Crippen molar-refractivity contribution in [2.24, 2.45) is 5.92 Å². The molecule has 1 aliphatic rings. The molecule has 1 aliphatic heterocycles. The van der Waals surface area contributed by atoms with Crippen molar-refractivity contribution in [3.05, 3.63) is 59.8 Å². The SMILES string of the molecule is CC(C)(C)OC(=O)NC(=N)c1ccc(OCCCC2CCN(C(=O)OCc3ccccc3)CC2)nc1. The number of ether oxygens (including phenoxy) is 3. The quantitative estimate of drug-likeness (QED) is 0.297. The lowest BCUT2D eigenvalue weighted by Crippen LogP contribution is -2.38. The van der Waals surface area contributed by atoms with E-state index in [4.69, 9.17) is 19.6 Å². The summed E-state index contributed by atoms with van der Waals surface area (Å²) in [5.41, 5.74) is 0.814. The zero-order valence-corrected chi connectivity index (χ0v) is 21.3. The standard InChI is InChI=1S/C27H36N4O5/c1-27(2,3)36-25(32)30-24(28)22-11-12-23(29-18-22)34-17-7-10-20-13-15-31(16-14-20)26(33)35-19-21-8-5-4-6-9-21/h4-6,8-9,11-12,18,20H,7,10,13-17,19H2,1-3H3,(H2,28,30,32). The Morgan fingerprint density at radius 2 is 1.83 bits per heavy atom. The number of alkyl carbamates (subject to hydrolysis) is 1. The minimum atomic E-state index is -0.678. The number of nitrogens with zero attached hydrogens (tertiary/aromatic N) is 2. The van der Waals surface area contributed by atoms with E-state index >= 15 is 0 Å². The third-order valence-corrected chi connectivity index (χ3v) is 5.74. The van der Waals surface area contributed by atoms with Gasteiger partial charge in [-0.3, -0.25) is 10.7 Å². The molecule has 1 aromatic heterocycles. The van der Waals surface area contributed by atoms with E-state index in [0.717, 1.165) is 31.2 Å². The Bertz CT molecular complexity index is 997. The zero-order valence-electron chi connectivity index (χ0n) is 21.3. The molecule has 194 valence electrons. The van der Waals surface area contributed by atoms with E-state index in [-0.39, 0.29) is 11.9 Å². The number of nitrogens with one attached hydrogen (secondary N) is 2. The molecule has 9 heteroatoms. The summed E-state index contributed by atoms with van der Waals surface area (Å²) < 4.78 is 16.3. The van der Waals surface area contributed by atoms with Crippen LogP contribution in [0.15, 0.2) is 48.7 Å². The maximum absolute atomic E-state index is 12.3. The van der Waals surface area contributed by atoms with Gasteiger partial charge in [-0.15, -0.1) is 0 Å². The van der Waals surface area contributed by atoms with Gasteiger partial charge < -0.3 is 19.1 Å². The van der Waals surface area contributed by atoms with Gasteiger partial charge in [0.05, 0.1) is 6.61 Å². The van der Waals surface area contributed by atoms with Gasteiger partial charge in [0.2, 0.25) is 5.88 Å². The summed E-state index contributed by atoms with van der Waals surface area (Å²) in [7, 11) is 0. The van der Waals surface area contributed by atoms with Crippen LogP contribution in [-0.2, 0) is 16.1 Å². The van der Waals surface area contributed by atoms with Gasteiger partial charge in [-0.25, -0.2) is 14.6 Å². The molecule has 36 heavy (non-hydrogen) atoms. The smallest absolute Gasteiger partial charge is 0.413 e. The van der Waals surface area contributed by atoms with Crippen LogP contribution in [-0.4, -0.2) is 53.2 Å². The minimum absolute atomic E-state index is 0.0846. The van der Waals surface area contributed by atoms with Gasteiger partial charge in [-0.2, -0.15) is 0 Å². The molecule has 2 N–H and O–H groups in total. The van der Waals surface area contributed by atoms with Crippen molar-refractivity contribution in [1.82, 2.24) is 15.2 Å². The van der Waals surface area contributed by atoms with Crippen LogP contribution in [0.1, 0.15) is 57.6 Å². The molecule has 0 bridgehead atoms. The molecule has 1 saturated heterocycles. The number of amides is 2. The lowest BCUT2D eigenvalue weighted by molar-refractivity contribution is 0.0562. The van der Waals surface area contributed by atoms with E-state index in [1.807, 2.05) is 30.3 Å². The normalized spacial score (nSPS) is 14.1. The number of hydrogen-bond donors (Lipinski definition) is 2. The molecule has 1 fully saturated rings. The molecule has 1 aromatic carbocycles. The van der Waals surface area contributed by atoms with Crippen molar-refractivity contribution >= 4 is 18.0 Å². The number of pyridine rings is 1. The van der Waals surface area contributed by atoms with Gasteiger partial charge in [0.15, 0.2) is 0 Å². The summed E-state index contributed by atoms with van der Waals surface area (Å²) in [5.74, 6) is 0.944. The van der Waals surface area contributed by atoms with Crippen LogP contribution in [0.4, 0.5) is 9.59 Å². The molecule has 0 aliphatic carbocycles. The third kappa shape index (κ3) is 9.20. The van der Waals surface area contributed by atoms with Gasteiger partial charge in [-0.05, 0) is 64.0 Å². The summed E-state index contributed by atoms with van der Waals surface area (Å²) >= 11 is 0. The molecule has 0 saturated carbocycles. The second kappa shape index (κ2) is 12.9. The van der Waals surface area contributed by atoms with Crippen LogP contribution in [0.5, 0.6) is 5.88 Å². The Balaban J connectivity index is 1.29. The lowest BCUT2D eigenvalue weighted by atomic mass is 9.92. The van der Waals surface area contributed by atoms with Crippen molar-refractivity contribution in [3.8, 4) is 5.88 Å². The number of aromatic nitrogens is 1. The molecular weight excluding hydrogens is 460 g/mol. The number of benzene rings is 1. The summed E-state index contributed by atoms with van der Waals surface area (Å²) in [6.45, 7) is 7.55. The van der Waals surface area contributed by atoms with Crippen LogP contribution in [0.25, 0.3) is 0 Å². The number of amidine groups is 1. The third-order valence-electron chi connectivity index (χ3n) is 5.74. The van der Waals surface area contributed by atoms with Crippen molar-refractivity contribution in [2.45, 2.75) is 58.7 Å². The number of rotatable bonds is 8. The van der Waals surface area contributed by atoms with E-state index in [2.05, 4.69) is 10.3 Å². The van der Waals surface area contributed by atoms with E-state index < -0.39 is 11.7 Å². The molecule has 0 unspecified atom stereocenters. The predicted molar refractivity (Wildman–Crippen MR) is 136 cm³/mol. The van der Waals surface area contributed by atoms with Crippen LogP contribution >= 0.6 is 0 Å². The Labute approximate surface area is 212 Å². The molecule has 2 heterocycles. The van der Waals surface area contributed by atoms with Gasteiger partial charge in [0.25, 0.3) is 0 Å².